The molecular weight excluding hydrogens is 217 g/mol. The molecule has 0 radical (unpaired) electrons. The summed E-state index contributed by atoms with van der Waals surface area (Å²) >= 11 is 0. The number of hydrogen-bond donors (Lipinski definition) is 1. The molecule has 16 heavy (non-hydrogen) atoms. The standard InChI is InChI=1S/C12H7F3O/c13-9-6-8(7-4-2-1-3-5-7)12(16)11(15)10(9)14/h1-6,16H. The minimum Gasteiger partial charge on any atom is -0.504 e. The van der Waals surface area contributed by atoms with Crippen LogP contribution in [0.2, 0.25) is 0 Å². The maximum Gasteiger partial charge on any atom is 0.204 e. The smallest absolute Gasteiger partial charge is 0.204 e. The van der Waals surface area contributed by atoms with Crippen LogP contribution in [0.3, 0.4) is 0 Å². The maximum atomic E-state index is 13.1. The van der Waals surface area contributed by atoms with E-state index >= 15 is 0 Å². The van der Waals surface area contributed by atoms with Gasteiger partial charge in [-0.15, -0.1) is 0 Å². The largest absolute Gasteiger partial charge is 0.504 e. The summed E-state index contributed by atoms with van der Waals surface area (Å²) in [6.45, 7) is 0. The minimum absolute atomic E-state index is 0.0722. The summed E-state index contributed by atoms with van der Waals surface area (Å²) in [4.78, 5) is 0. The minimum atomic E-state index is -1.67. The molecule has 0 spiro atoms. The summed E-state index contributed by atoms with van der Waals surface area (Å²) < 4.78 is 38.8. The lowest BCUT2D eigenvalue weighted by Gasteiger charge is -2.06. The van der Waals surface area contributed by atoms with Gasteiger partial charge in [0.25, 0.3) is 0 Å². The van der Waals surface area contributed by atoms with Gasteiger partial charge in [-0.05, 0) is 11.6 Å². The second-order valence-corrected chi connectivity index (χ2v) is 3.25. The normalized spacial score (nSPS) is 10.4. The Balaban J connectivity index is 2.68. The Morgan fingerprint density at radius 1 is 0.875 bits per heavy atom. The Kier molecular flexibility index (Phi) is 2.56. The molecule has 0 atom stereocenters. The average molecular weight is 224 g/mol. The molecular formula is C12H7F3O. The lowest BCUT2D eigenvalue weighted by molar-refractivity contribution is 0.388. The predicted octanol–water partition coefficient (Wildman–Crippen LogP) is 3.48. The molecule has 82 valence electrons. The first-order valence-electron chi connectivity index (χ1n) is 4.53. The zero-order chi connectivity index (χ0) is 11.7. The van der Waals surface area contributed by atoms with Crippen LogP contribution in [0.4, 0.5) is 13.2 Å². The van der Waals surface area contributed by atoms with E-state index in [4.69, 9.17) is 0 Å². The summed E-state index contributed by atoms with van der Waals surface area (Å²) in [5.74, 6) is -5.45. The molecule has 0 saturated heterocycles. The molecule has 0 amide bonds. The summed E-state index contributed by atoms with van der Waals surface area (Å²) in [6, 6.07) is 8.90. The van der Waals surface area contributed by atoms with Crippen molar-refractivity contribution in [3.63, 3.8) is 0 Å². The Bertz CT molecular complexity index is 524. The second kappa shape index (κ2) is 3.89. The molecule has 0 unspecified atom stereocenters. The molecule has 0 aliphatic carbocycles. The molecule has 1 nitrogen and oxygen atoms in total. The third-order valence-electron chi connectivity index (χ3n) is 2.22. The van der Waals surface area contributed by atoms with Gasteiger partial charge in [0.1, 0.15) is 0 Å². The van der Waals surface area contributed by atoms with Crippen molar-refractivity contribution in [3.8, 4) is 16.9 Å². The molecule has 0 aromatic heterocycles. The van der Waals surface area contributed by atoms with Gasteiger partial charge in [-0.25, -0.2) is 8.78 Å². The van der Waals surface area contributed by atoms with E-state index in [1.807, 2.05) is 0 Å². The van der Waals surface area contributed by atoms with Gasteiger partial charge in [0.2, 0.25) is 5.82 Å². The van der Waals surface area contributed by atoms with Gasteiger partial charge in [0.15, 0.2) is 17.4 Å². The van der Waals surface area contributed by atoms with Crippen LogP contribution in [0.1, 0.15) is 0 Å². The van der Waals surface area contributed by atoms with Crippen molar-refractivity contribution in [1.29, 1.82) is 0 Å². The number of benzene rings is 2. The van der Waals surface area contributed by atoms with Gasteiger partial charge in [-0.1, -0.05) is 30.3 Å². The quantitative estimate of drug-likeness (QED) is 0.735. The van der Waals surface area contributed by atoms with E-state index in [2.05, 4.69) is 0 Å². The van der Waals surface area contributed by atoms with Gasteiger partial charge >= 0.3 is 0 Å². The highest BCUT2D eigenvalue weighted by molar-refractivity contribution is 5.70. The fraction of sp³-hybridized carbons (Fsp3) is 0. The highest BCUT2D eigenvalue weighted by Crippen LogP contribution is 2.33. The second-order valence-electron chi connectivity index (χ2n) is 3.25. The number of phenolic OH excluding ortho intramolecular Hbond substituents is 1. The third kappa shape index (κ3) is 1.62. The van der Waals surface area contributed by atoms with E-state index in [1.54, 1.807) is 30.3 Å². The van der Waals surface area contributed by atoms with Crippen LogP contribution in [0.25, 0.3) is 11.1 Å². The lowest BCUT2D eigenvalue weighted by atomic mass is 10.0. The Labute approximate surface area is 89.8 Å². The lowest BCUT2D eigenvalue weighted by Crippen LogP contribution is -1.93. The van der Waals surface area contributed by atoms with Crippen molar-refractivity contribution in [1.82, 2.24) is 0 Å². The average Bonchev–Trinajstić information content (AvgIpc) is 2.32. The summed E-state index contributed by atoms with van der Waals surface area (Å²) in [7, 11) is 0. The Hall–Kier alpha value is -1.97. The molecule has 1 N–H and O–H groups in total. The number of aromatic hydroxyl groups is 1. The van der Waals surface area contributed by atoms with Crippen molar-refractivity contribution < 1.29 is 18.3 Å². The molecule has 0 fully saturated rings. The monoisotopic (exact) mass is 224 g/mol. The Morgan fingerprint density at radius 2 is 1.50 bits per heavy atom. The van der Waals surface area contributed by atoms with E-state index in [0.29, 0.717) is 5.56 Å². The van der Waals surface area contributed by atoms with Crippen molar-refractivity contribution in [2.45, 2.75) is 0 Å². The Morgan fingerprint density at radius 3 is 2.12 bits per heavy atom. The summed E-state index contributed by atoms with van der Waals surface area (Å²) in [5.41, 5.74) is 0.342. The first-order valence-corrected chi connectivity index (χ1v) is 4.53. The number of halogens is 3. The van der Waals surface area contributed by atoms with Crippen LogP contribution in [0.5, 0.6) is 5.75 Å². The summed E-state index contributed by atoms with van der Waals surface area (Å²) in [5, 5.41) is 9.37. The molecule has 0 heterocycles. The van der Waals surface area contributed by atoms with E-state index < -0.39 is 23.2 Å². The van der Waals surface area contributed by atoms with Crippen LogP contribution < -0.4 is 0 Å². The van der Waals surface area contributed by atoms with Crippen molar-refractivity contribution in [2.75, 3.05) is 0 Å². The van der Waals surface area contributed by atoms with E-state index in [0.717, 1.165) is 6.07 Å². The predicted molar refractivity (Wildman–Crippen MR) is 53.4 cm³/mol. The first kappa shape index (κ1) is 10.5. The van der Waals surface area contributed by atoms with Crippen molar-refractivity contribution >= 4 is 0 Å². The molecule has 2 rings (SSSR count). The van der Waals surface area contributed by atoms with E-state index in [-0.39, 0.29) is 5.56 Å². The van der Waals surface area contributed by atoms with Crippen molar-refractivity contribution in [2.24, 2.45) is 0 Å². The topological polar surface area (TPSA) is 20.2 Å². The zero-order valence-corrected chi connectivity index (χ0v) is 8.05. The van der Waals surface area contributed by atoms with Gasteiger partial charge in [-0.3, -0.25) is 0 Å². The van der Waals surface area contributed by atoms with E-state index in [9.17, 15) is 18.3 Å². The molecule has 0 saturated carbocycles. The third-order valence-corrected chi connectivity index (χ3v) is 2.22. The fourth-order valence-corrected chi connectivity index (χ4v) is 1.42. The van der Waals surface area contributed by atoms with Crippen LogP contribution in [0.15, 0.2) is 36.4 Å². The van der Waals surface area contributed by atoms with E-state index in [1.165, 1.54) is 0 Å². The van der Waals surface area contributed by atoms with Gasteiger partial charge < -0.3 is 5.11 Å². The van der Waals surface area contributed by atoms with Crippen LogP contribution in [0, 0.1) is 17.5 Å². The molecule has 4 heteroatoms. The molecule has 0 aliphatic rings. The van der Waals surface area contributed by atoms with Crippen LogP contribution >= 0.6 is 0 Å². The van der Waals surface area contributed by atoms with Crippen LogP contribution in [-0.4, -0.2) is 5.11 Å². The van der Waals surface area contributed by atoms with Crippen molar-refractivity contribution in [3.05, 3.63) is 53.8 Å². The fourth-order valence-electron chi connectivity index (χ4n) is 1.42. The highest BCUT2D eigenvalue weighted by Gasteiger charge is 2.18. The number of phenols is 1. The first-order chi connectivity index (χ1) is 7.61. The molecule has 2 aromatic rings. The van der Waals surface area contributed by atoms with Crippen LogP contribution in [-0.2, 0) is 0 Å². The van der Waals surface area contributed by atoms with Gasteiger partial charge in [0.05, 0.1) is 0 Å². The summed E-state index contributed by atoms with van der Waals surface area (Å²) in [6.07, 6.45) is 0. The zero-order valence-electron chi connectivity index (χ0n) is 8.05. The number of hydrogen-bond acceptors (Lipinski definition) is 1. The maximum absolute atomic E-state index is 13.1. The SMILES string of the molecule is Oc1c(-c2ccccc2)cc(F)c(F)c1F. The number of rotatable bonds is 1. The molecule has 0 aliphatic heterocycles. The van der Waals surface area contributed by atoms with Gasteiger partial charge in [-0.2, -0.15) is 4.39 Å². The molecule has 2 aromatic carbocycles. The van der Waals surface area contributed by atoms with Gasteiger partial charge in [0, 0.05) is 5.56 Å². The molecule has 0 bridgehead atoms. The highest BCUT2D eigenvalue weighted by atomic mass is 19.2.